The molecule has 1 rings (SSSR count). The van der Waals surface area contributed by atoms with Gasteiger partial charge in [0.15, 0.2) is 0 Å². The van der Waals surface area contributed by atoms with Gasteiger partial charge in [-0.05, 0) is 38.5 Å². The monoisotopic (exact) mass is 277 g/mol. The summed E-state index contributed by atoms with van der Waals surface area (Å²) < 4.78 is 0. The second-order valence-electron chi connectivity index (χ2n) is 5.82. The normalized spacial score (nSPS) is 11.1. The molecule has 2 amide bonds. The van der Waals surface area contributed by atoms with E-state index in [1.54, 1.807) is 38.4 Å². The first-order chi connectivity index (χ1) is 9.19. The van der Waals surface area contributed by atoms with Crippen LogP contribution in [0.3, 0.4) is 0 Å². The molecule has 5 nitrogen and oxygen atoms in total. The number of amides is 2. The Kier molecular flexibility index (Phi) is 5.27. The first-order valence-corrected chi connectivity index (χ1v) is 6.59. The molecule has 0 unspecified atom stereocenters. The van der Waals surface area contributed by atoms with Crippen molar-refractivity contribution in [2.24, 2.45) is 5.73 Å². The quantitative estimate of drug-likeness (QED) is 0.862. The maximum absolute atomic E-state index is 11.8. The summed E-state index contributed by atoms with van der Waals surface area (Å²) in [6.07, 6.45) is 0.963. The maximum atomic E-state index is 11.8. The molecule has 3 N–H and O–H groups in total. The van der Waals surface area contributed by atoms with Crippen LogP contribution < -0.4 is 11.1 Å². The topological polar surface area (TPSA) is 75.4 Å². The lowest BCUT2D eigenvalue weighted by Crippen LogP contribution is -2.33. The number of nitrogens with two attached hydrogens (primary N) is 1. The summed E-state index contributed by atoms with van der Waals surface area (Å²) in [5.41, 5.74) is 6.65. The standard InChI is InChI=1S/C15H23N3O2/c1-15(2,16)9-8-13(19)17-12-7-5-6-11(10-12)14(20)18(3)4/h5-7,10H,8-9,16H2,1-4H3,(H,17,19). The molecule has 20 heavy (non-hydrogen) atoms. The van der Waals surface area contributed by atoms with Crippen LogP contribution in [0.4, 0.5) is 5.69 Å². The van der Waals surface area contributed by atoms with Crippen molar-refractivity contribution < 1.29 is 9.59 Å². The third-order valence-corrected chi connectivity index (χ3v) is 2.80. The van der Waals surface area contributed by atoms with Crippen LogP contribution >= 0.6 is 0 Å². The number of anilines is 1. The van der Waals surface area contributed by atoms with Gasteiger partial charge in [0.05, 0.1) is 0 Å². The third kappa shape index (κ3) is 5.40. The summed E-state index contributed by atoms with van der Waals surface area (Å²) in [5.74, 6) is -0.192. The maximum Gasteiger partial charge on any atom is 0.253 e. The fourth-order valence-corrected chi connectivity index (χ4v) is 1.65. The van der Waals surface area contributed by atoms with Gasteiger partial charge in [-0.1, -0.05) is 6.07 Å². The zero-order chi connectivity index (χ0) is 15.3. The molecule has 0 radical (unpaired) electrons. The van der Waals surface area contributed by atoms with Gasteiger partial charge in [-0.25, -0.2) is 0 Å². The molecule has 0 bridgehead atoms. The summed E-state index contributed by atoms with van der Waals surface area (Å²) in [7, 11) is 3.38. The van der Waals surface area contributed by atoms with Crippen LogP contribution in [0.5, 0.6) is 0 Å². The second kappa shape index (κ2) is 6.52. The minimum absolute atomic E-state index is 0.0933. The molecule has 0 heterocycles. The summed E-state index contributed by atoms with van der Waals surface area (Å²) in [4.78, 5) is 25.1. The Morgan fingerprint density at radius 3 is 2.50 bits per heavy atom. The van der Waals surface area contributed by atoms with Crippen molar-refractivity contribution in [2.45, 2.75) is 32.2 Å². The van der Waals surface area contributed by atoms with Crippen molar-refractivity contribution in [2.75, 3.05) is 19.4 Å². The number of rotatable bonds is 5. The summed E-state index contributed by atoms with van der Waals surface area (Å²) >= 11 is 0. The summed E-state index contributed by atoms with van der Waals surface area (Å²) in [6, 6.07) is 6.91. The Bertz CT molecular complexity index is 490. The molecule has 1 aromatic rings. The molecule has 110 valence electrons. The highest BCUT2D eigenvalue weighted by atomic mass is 16.2. The first kappa shape index (κ1) is 16.2. The lowest BCUT2D eigenvalue weighted by atomic mass is 10.00. The van der Waals surface area contributed by atoms with Gasteiger partial charge in [-0.15, -0.1) is 0 Å². The highest BCUT2D eigenvalue weighted by molar-refractivity contribution is 5.96. The lowest BCUT2D eigenvalue weighted by molar-refractivity contribution is -0.116. The molecule has 0 atom stereocenters. The van der Waals surface area contributed by atoms with Gasteiger partial charge in [0.1, 0.15) is 0 Å². The van der Waals surface area contributed by atoms with Crippen molar-refractivity contribution in [1.82, 2.24) is 4.90 Å². The number of hydrogen-bond donors (Lipinski definition) is 2. The largest absolute Gasteiger partial charge is 0.345 e. The molecule has 0 aromatic heterocycles. The Hall–Kier alpha value is -1.88. The average molecular weight is 277 g/mol. The third-order valence-electron chi connectivity index (χ3n) is 2.80. The Labute approximate surface area is 120 Å². The second-order valence-corrected chi connectivity index (χ2v) is 5.82. The van der Waals surface area contributed by atoms with E-state index < -0.39 is 0 Å². The fourth-order valence-electron chi connectivity index (χ4n) is 1.65. The van der Waals surface area contributed by atoms with E-state index in [2.05, 4.69) is 5.32 Å². The Balaban J connectivity index is 2.67. The molecule has 0 aliphatic carbocycles. The van der Waals surface area contributed by atoms with Gasteiger partial charge in [-0.2, -0.15) is 0 Å². The van der Waals surface area contributed by atoms with E-state index in [9.17, 15) is 9.59 Å². The first-order valence-electron chi connectivity index (χ1n) is 6.59. The highest BCUT2D eigenvalue weighted by Crippen LogP contribution is 2.14. The van der Waals surface area contributed by atoms with E-state index in [1.165, 1.54) is 4.90 Å². The molecule has 0 saturated carbocycles. The van der Waals surface area contributed by atoms with Crippen molar-refractivity contribution in [3.63, 3.8) is 0 Å². The van der Waals surface area contributed by atoms with Crippen molar-refractivity contribution in [1.29, 1.82) is 0 Å². The molecule has 0 aliphatic heterocycles. The molecular formula is C15H23N3O2. The smallest absolute Gasteiger partial charge is 0.253 e. The van der Waals surface area contributed by atoms with Crippen molar-refractivity contribution >= 4 is 17.5 Å². The zero-order valence-corrected chi connectivity index (χ0v) is 12.6. The zero-order valence-electron chi connectivity index (χ0n) is 12.6. The van der Waals surface area contributed by atoms with Gasteiger partial charge in [0, 0.05) is 37.3 Å². The van der Waals surface area contributed by atoms with Gasteiger partial charge < -0.3 is 16.0 Å². The van der Waals surface area contributed by atoms with Crippen LogP contribution in [0.15, 0.2) is 24.3 Å². The average Bonchev–Trinajstić information content (AvgIpc) is 2.35. The highest BCUT2D eigenvalue weighted by Gasteiger charge is 2.14. The van der Waals surface area contributed by atoms with Gasteiger partial charge in [0.2, 0.25) is 5.91 Å². The van der Waals surface area contributed by atoms with Crippen LogP contribution in [-0.4, -0.2) is 36.3 Å². The Morgan fingerprint density at radius 2 is 1.95 bits per heavy atom. The van der Waals surface area contributed by atoms with E-state index in [0.29, 0.717) is 24.1 Å². The van der Waals surface area contributed by atoms with E-state index in [-0.39, 0.29) is 17.4 Å². The van der Waals surface area contributed by atoms with E-state index in [4.69, 9.17) is 5.73 Å². The molecule has 0 fully saturated rings. The predicted molar refractivity (Wildman–Crippen MR) is 80.6 cm³/mol. The number of nitrogens with one attached hydrogen (secondary N) is 1. The van der Waals surface area contributed by atoms with E-state index in [0.717, 1.165) is 0 Å². The van der Waals surface area contributed by atoms with E-state index in [1.807, 2.05) is 13.8 Å². The molecule has 1 aromatic carbocycles. The van der Waals surface area contributed by atoms with Crippen LogP contribution in [-0.2, 0) is 4.79 Å². The molecule has 5 heteroatoms. The number of benzene rings is 1. The van der Waals surface area contributed by atoms with E-state index >= 15 is 0 Å². The minimum atomic E-state index is -0.361. The van der Waals surface area contributed by atoms with Crippen molar-refractivity contribution in [3.8, 4) is 0 Å². The van der Waals surface area contributed by atoms with Crippen molar-refractivity contribution in [3.05, 3.63) is 29.8 Å². The molecule has 0 spiro atoms. The number of carbonyl (C=O) groups excluding carboxylic acids is 2. The number of carbonyl (C=O) groups is 2. The molecular weight excluding hydrogens is 254 g/mol. The summed E-state index contributed by atoms with van der Waals surface area (Å²) in [5, 5.41) is 2.78. The fraction of sp³-hybridized carbons (Fsp3) is 0.467. The molecule has 0 aliphatic rings. The van der Waals surface area contributed by atoms with Gasteiger partial charge >= 0.3 is 0 Å². The minimum Gasteiger partial charge on any atom is -0.345 e. The molecule has 0 saturated heterocycles. The van der Waals surface area contributed by atoms with Crippen LogP contribution in [0, 0.1) is 0 Å². The SMILES string of the molecule is CN(C)C(=O)c1cccc(NC(=O)CCC(C)(C)N)c1. The number of nitrogens with zero attached hydrogens (tertiary/aromatic N) is 1. The lowest BCUT2D eigenvalue weighted by Gasteiger charge is -2.17. The summed E-state index contributed by atoms with van der Waals surface area (Å²) in [6.45, 7) is 3.77. The van der Waals surface area contributed by atoms with Gasteiger partial charge in [0.25, 0.3) is 5.91 Å². The van der Waals surface area contributed by atoms with Crippen LogP contribution in [0.1, 0.15) is 37.0 Å². The Morgan fingerprint density at radius 1 is 1.30 bits per heavy atom. The van der Waals surface area contributed by atoms with Crippen LogP contribution in [0.25, 0.3) is 0 Å². The predicted octanol–water partition coefficient (Wildman–Crippen LogP) is 1.84. The van der Waals surface area contributed by atoms with Gasteiger partial charge in [-0.3, -0.25) is 9.59 Å². The van der Waals surface area contributed by atoms with Crippen LogP contribution in [0.2, 0.25) is 0 Å². The number of hydrogen-bond acceptors (Lipinski definition) is 3.